The number of nitrogens with two attached hydrogens (primary N) is 1. The molecule has 6 heteroatoms. The van der Waals surface area contributed by atoms with Gasteiger partial charge in [0.05, 0.1) is 12.4 Å². The van der Waals surface area contributed by atoms with Gasteiger partial charge in [-0.15, -0.1) is 0 Å². The summed E-state index contributed by atoms with van der Waals surface area (Å²) in [6.45, 7) is 1.54. The third kappa shape index (κ3) is 5.67. The zero-order valence-corrected chi connectivity index (χ0v) is 11.1. The molecule has 18 heavy (non-hydrogen) atoms. The van der Waals surface area contributed by atoms with Crippen LogP contribution in [-0.2, 0) is 14.6 Å². The molecule has 1 aromatic carbocycles. The lowest BCUT2D eigenvalue weighted by molar-refractivity contribution is -0.114. The van der Waals surface area contributed by atoms with Gasteiger partial charge in [0.25, 0.3) is 0 Å². The van der Waals surface area contributed by atoms with Crippen LogP contribution in [0.2, 0.25) is 0 Å². The fourth-order valence-electron chi connectivity index (χ4n) is 1.46. The van der Waals surface area contributed by atoms with E-state index in [2.05, 4.69) is 0 Å². The van der Waals surface area contributed by atoms with Crippen molar-refractivity contribution in [3.63, 3.8) is 0 Å². The van der Waals surface area contributed by atoms with E-state index in [1.54, 1.807) is 24.3 Å². The molecule has 5 nitrogen and oxygen atoms in total. The summed E-state index contributed by atoms with van der Waals surface area (Å²) in [6.07, 6.45) is 0.352. The van der Waals surface area contributed by atoms with E-state index in [0.717, 1.165) is 0 Å². The van der Waals surface area contributed by atoms with Gasteiger partial charge in [0, 0.05) is 11.8 Å². The van der Waals surface area contributed by atoms with Crippen molar-refractivity contribution < 1.29 is 17.9 Å². The summed E-state index contributed by atoms with van der Waals surface area (Å²) >= 11 is 0. The number of ketones is 1. The van der Waals surface area contributed by atoms with Crippen LogP contribution in [-0.4, -0.2) is 32.3 Å². The Morgan fingerprint density at radius 2 is 2.11 bits per heavy atom. The molecule has 0 aliphatic heterocycles. The number of hydrogen-bond donors (Lipinski definition) is 1. The number of sulfone groups is 1. The molecule has 1 rings (SSSR count). The Bertz CT molecular complexity index is 511. The molecule has 0 atom stereocenters. The van der Waals surface area contributed by atoms with Crippen LogP contribution in [0, 0.1) is 0 Å². The first kappa shape index (κ1) is 14.5. The molecule has 0 amide bonds. The number of Topliss-reactive ketones (excluding diaryl/α,β-unsaturated/α-hetero) is 1. The van der Waals surface area contributed by atoms with Gasteiger partial charge < -0.3 is 10.5 Å². The minimum absolute atomic E-state index is 0.0467. The van der Waals surface area contributed by atoms with Crippen LogP contribution in [0.5, 0.6) is 5.75 Å². The number of anilines is 1. The van der Waals surface area contributed by atoms with E-state index in [1.165, 1.54) is 6.92 Å². The van der Waals surface area contributed by atoms with Gasteiger partial charge in [-0.05, 0) is 25.5 Å². The van der Waals surface area contributed by atoms with Gasteiger partial charge in [0.2, 0.25) is 0 Å². The minimum atomic E-state index is -3.30. The number of carbonyl (C=O) groups is 1. The van der Waals surface area contributed by atoms with Crippen LogP contribution in [0.15, 0.2) is 24.3 Å². The third-order valence-electron chi connectivity index (χ3n) is 2.15. The molecule has 0 aliphatic carbocycles. The van der Waals surface area contributed by atoms with E-state index in [-0.39, 0.29) is 18.1 Å². The molecular weight excluding hydrogens is 254 g/mol. The summed E-state index contributed by atoms with van der Waals surface area (Å²) in [5.74, 6) is -0.175. The van der Waals surface area contributed by atoms with Gasteiger partial charge >= 0.3 is 0 Å². The highest BCUT2D eigenvalue weighted by molar-refractivity contribution is 7.92. The first-order valence-electron chi connectivity index (χ1n) is 5.57. The molecular formula is C12H17NO4S. The van der Waals surface area contributed by atoms with Crippen molar-refractivity contribution in [1.29, 1.82) is 0 Å². The van der Waals surface area contributed by atoms with E-state index in [4.69, 9.17) is 10.5 Å². The smallest absolute Gasteiger partial charge is 0.157 e. The lowest BCUT2D eigenvalue weighted by atomic mass is 10.3. The van der Waals surface area contributed by atoms with Gasteiger partial charge in [0.1, 0.15) is 17.3 Å². The maximum atomic E-state index is 11.4. The van der Waals surface area contributed by atoms with Crippen LogP contribution in [0.25, 0.3) is 0 Å². The third-order valence-corrected chi connectivity index (χ3v) is 3.91. The molecule has 0 radical (unpaired) electrons. The van der Waals surface area contributed by atoms with Gasteiger partial charge in [-0.3, -0.25) is 4.79 Å². The molecule has 0 unspecified atom stereocenters. The van der Waals surface area contributed by atoms with Crippen LogP contribution >= 0.6 is 0 Å². The topological polar surface area (TPSA) is 86.5 Å². The Kier molecular flexibility index (Phi) is 5.15. The number of nitrogen functional groups attached to an aromatic ring is 1. The van der Waals surface area contributed by atoms with E-state index >= 15 is 0 Å². The number of ether oxygens (including phenoxy) is 1. The molecule has 0 saturated carbocycles. The maximum Gasteiger partial charge on any atom is 0.157 e. The highest BCUT2D eigenvalue weighted by Crippen LogP contribution is 2.14. The molecule has 100 valence electrons. The van der Waals surface area contributed by atoms with Crippen LogP contribution in [0.3, 0.4) is 0 Å². The molecule has 0 fully saturated rings. The van der Waals surface area contributed by atoms with Gasteiger partial charge in [-0.25, -0.2) is 8.42 Å². The van der Waals surface area contributed by atoms with Crippen LogP contribution in [0.4, 0.5) is 5.69 Å². The Morgan fingerprint density at radius 3 is 2.72 bits per heavy atom. The van der Waals surface area contributed by atoms with Crippen molar-refractivity contribution in [3.8, 4) is 5.75 Å². The van der Waals surface area contributed by atoms with Crippen LogP contribution < -0.4 is 10.5 Å². The van der Waals surface area contributed by atoms with E-state index in [1.807, 2.05) is 0 Å². The second-order valence-electron chi connectivity index (χ2n) is 4.07. The predicted molar refractivity (Wildman–Crippen MR) is 70.3 cm³/mol. The van der Waals surface area contributed by atoms with Crippen molar-refractivity contribution >= 4 is 21.3 Å². The minimum Gasteiger partial charge on any atom is -0.493 e. The standard InChI is InChI=1S/C12H17NO4S/c1-10(14)9-18(15,16)7-3-6-17-12-5-2-4-11(13)8-12/h2,4-5,8H,3,6-7,9,13H2,1H3. The molecule has 0 heterocycles. The Balaban J connectivity index is 2.33. The highest BCUT2D eigenvalue weighted by atomic mass is 32.2. The second-order valence-corrected chi connectivity index (χ2v) is 6.25. The quantitative estimate of drug-likeness (QED) is 0.591. The molecule has 0 bridgehead atoms. The molecule has 0 spiro atoms. The summed E-state index contributed by atoms with van der Waals surface area (Å²) < 4.78 is 28.2. The van der Waals surface area contributed by atoms with Crippen molar-refractivity contribution in [2.45, 2.75) is 13.3 Å². The fourth-order valence-corrected chi connectivity index (χ4v) is 2.78. The summed E-state index contributed by atoms with van der Waals surface area (Å²) in [4.78, 5) is 10.7. The number of hydrogen-bond acceptors (Lipinski definition) is 5. The monoisotopic (exact) mass is 271 g/mol. The van der Waals surface area contributed by atoms with Crippen LogP contribution in [0.1, 0.15) is 13.3 Å². The number of rotatable bonds is 7. The molecule has 0 saturated heterocycles. The average Bonchev–Trinajstić information content (AvgIpc) is 2.23. The van der Waals surface area contributed by atoms with Gasteiger partial charge in [-0.2, -0.15) is 0 Å². The lowest BCUT2D eigenvalue weighted by Gasteiger charge is -2.06. The van der Waals surface area contributed by atoms with Gasteiger partial charge in [-0.1, -0.05) is 6.07 Å². The fraction of sp³-hybridized carbons (Fsp3) is 0.417. The maximum absolute atomic E-state index is 11.4. The SMILES string of the molecule is CC(=O)CS(=O)(=O)CCCOc1cccc(N)c1. The van der Waals surface area contributed by atoms with E-state index in [9.17, 15) is 13.2 Å². The molecule has 0 aromatic heterocycles. The van der Waals surface area contributed by atoms with Crippen molar-refractivity contribution in [1.82, 2.24) is 0 Å². The van der Waals surface area contributed by atoms with Gasteiger partial charge in [0.15, 0.2) is 9.84 Å². The molecule has 0 aliphatic rings. The summed E-state index contributed by atoms with van der Waals surface area (Å²) in [5, 5.41) is 0. The average molecular weight is 271 g/mol. The number of carbonyl (C=O) groups excluding carboxylic acids is 1. The van der Waals surface area contributed by atoms with Crippen molar-refractivity contribution in [2.75, 3.05) is 23.8 Å². The van der Waals surface area contributed by atoms with E-state index < -0.39 is 15.6 Å². The van der Waals surface area contributed by atoms with Crippen molar-refractivity contribution in [3.05, 3.63) is 24.3 Å². The first-order chi connectivity index (χ1) is 8.39. The Morgan fingerprint density at radius 1 is 1.39 bits per heavy atom. The zero-order chi connectivity index (χ0) is 13.6. The second kappa shape index (κ2) is 6.39. The van der Waals surface area contributed by atoms with Crippen molar-refractivity contribution in [2.24, 2.45) is 0 Å². The predicted octanol–water partition coefficient (Wildman–Crippen LogP) is 1.04. The normalized spacial score (nSPS) is 11.2. The van der Waals surface area contributed by atoms with E-state index in [0.29, 0.717) is 17.9 Å². The molecule has 2 N–H and O–H groups in total. The first-order valence-corrected chi connectivity index (χ1v) is 7.39. The number of benzene rings is 1. The lowest BCUT2D eigenvalue weighted by Crippen LogP contribution is -2.18. The molecule has 1 aromatic rings. The zero-order valence-electron chi connectivity index (χ0n) is 10.3. The Labute approximate surface area is 107 Å². The largest absolute Gasteiger partial charge is 0.493 e. The summed E-state index contributed by atoms with van der Waals surface area (Å²) in [7, 11) is -3.30. The summed E-state index contributed by atoms with van der Waals surface area (Å²) in [6, 6.07) is 6.92. The summed E-state index contributed by atoms with van der Waals surface area (Å²) in [5.41, 5.74) is 6.17. The Hall–Kier alpha value is -1.56. The highest BCUT2D eigenvalue weighted by Gasteiger charge is 2.13.